The summed E-state index contributed by atoms with van der Waals surface area (Å²) in [5.74, 6) is 1.04. The smallest absolute Gasteiger partial charge is 0.407 e. The Bertz CT molecular complexity index is 473. The second kappa shape index (κ2) is 7.52. The van der Waals surface area contributed by atoms with Crippen LogP contribution in [0.25, 0.3) is 0 Å². The number of allylic oxidation sites excluding steroid dienone is 1. The zero-order chi connectivity index (χ0) is 17.0. The highest BCUT2D eigenvalue weighted by Gasteiger charge is 2.53. The molecule has 1 aliphatic carbocycles. The minimum Gasteiger partial charge on any atom is -0.449 e. The van der Waals surface area contributed by atoms with Gasteiger partial charge in [0, 0.05) is 17.9 Å². The van der Waals surface area contributed by atoms with Gasteiger partial charge in [-0.1, -0.05) is 44.9 Å². The molecule has 1 fully saturated rings. The van der Waals surface area contributed by atoms with E-state index in [1.54, 1.807) is 0 Å². The summed E-state index contributed by atoms with van der Waals surface area (Å²) in [4.78, 5) is 11.9. The fraction of sp³-hybridized carbons (Fsp3) is 0.737. The third-order valence-corrected chi connectivity index (χ3v) is 5.79. The monoisotopic (exact) mass is 321 g/mol. The minimum absolute atomic E-state index is 0.0558. The molecule has 2 aliphatic rings. The molecule has 23 heavy (non-hydrogen) atoms. The molecule has 0 spiro atoms. The second-order valence-electron chi connectivity index (χ2n) is 7.11. The van der Waals surface area contributed by atoms with E-state index < -0.39 is 0 Å². The number of fused-ring (bicyclic) bond motifs is 2. The second-order valence-corrected chi connectivity index (χ2v) is 7.11. The molecule has 0 aromatic carbocycles. The summed E-state index contributed by atoms with van der Waals surface area (Å²) in [6.45, 7) is 14.3. The third-order valence-electron chi connectivity index (χ3n) is 5.79. The van der Waals surface area contributed by atoms with Gasteiger partial charge in [-0.05, 0) is 25.2 Å². The first-order valence-electron chi connectivity index (χ1n) is 8.79. The van der Waals surface area contributed by atoms with E-state index >= 15 is 0 Å². The summed E-state index contributed by atoms with van der Waals surface area (Å²) in [5, 5.41) is 2.82. The molecule has 2 bridgehead atoms. The SMILES string of the molecule is C=C[C@@H]1OC[C@]2(COC(=O)NCCCC)[C@H](C)[C@H]1C(C)=C[C@@H]2C. The first kappa shape index (κ1) is 18.1. The van der Waals surface area contributed by atoms with Crippen molar-refractivity contribution in [1.82, 2.24) is 5.32 Å². The molecule has 1 saturated heterocycles. The number of alkyl carbamates (subject to hydrolysis) is 1. The molecule has 130 valence electrons. The largest absolute Gasteiger partial charge is 0.449 e. The summed E-state index contributed by atoms with van der Waals surface area (Å²) in [6.07, 6.45) is 5.99. The normalized spacial score (nSPS) is 36.1. The number of hydrogen-bond donors (Lipinski definition) is 1. The van der Waals surface area contributed by atoms with Crippen molar-refractivity contribution in [3.8, 4) is 0 Å². The van der Waals surface area contributed by atoms with Crippen LogP contribution in [0.4, 0.5) is 4.79 Å². The van der Waals surface area contributed by atoms with Gasteiger partial charge in [0.05, 0.1) is 12.7 Å². The van der Waals surface area contributed by atoms with Crippen LogP contribution in [0, 0.1) is 23.2 Å². The van der Waals surface area contributed by atoms with E-state index in [1.807, 2.05) is 6.08 Å². The lowest BCUT2D eigenvalue weighted by molar-refractivity contribution is -0.148. The van der Waals surface area contributed by atoms with E-state index in [2.05, 4.69) is 45.7 Å². The molecule has 1 aliphatic heterocycles. The van der Waals surface area contributed by atoms with Gasteiger partial charge in [-0.3, -0.25) is 0 Å². The summed E-state index contributed by atoms with van der Waals surface area (Å²) >= 11 is 0. The number of carbonyl (C=O) groups is 1. The molecule has 1 N–H and O–H groups in total. The fourth-order valence-corrected chi connectivity index (χ4v) is 4.14. The molecule has 1 amide bonds. The van der Waals surface area contributed by atoms with Crippen molar-refractivity contribution in [2.45, 2.75) is 46.6 Å². The molecule has 5 atom stereocenters. The van der Waals surface area contributed by atoms with E-state index in [0.29, 0.717) is 37.5 Å². The lowest BCUT2D eigenvalue weighted by atomic mass is 9.56. The average molecular weight is 321 g/mol. The van der Waals surface area contributed by atoms with Gasteiger partial charge in [-0.15, -0.1) is 6.58 Å². The van der Waals surface area contributed by atoms with Crippen molar-refractivity contribution >= 4 is 6.09 Å². The fourth-order valence-electron chi connectivity index (χ4n) is 4.14. The van der Waals surface area contributed by atoms with Crippen LogP contribution < -0.4 is 5.32 Å². The molecular weight excluding hydrogens is 290 g/mol. The van der Waals surface area contributed by atoms with Crippen LogP contribution in [0.5, 0.6) is 0 Å². The molecule has 1 heterocycles. The quantitative estimate of drug-likeness (QED) is 0.595. The maximum absolute atomic E-state index is 11.9. The van der Waals surface area contributed by atoms with Crippen LogP contribution in [0.15, 0.2) is 24.3 Å². The Labute approximate surface area is 140 Å². The van der Waals surface area contributed by atoms with E-state index in [-0.39, 0.29) is 17.6 Å². The van der Waals surface area contributed by atoms with Crippen molar-refractivity contribution in [3.05, 3.63) is 24.3 Å². The number of ether oxygens (including phenoxy) is 2. The van der Waals surface area contributed by atoms with Gasteiger partial charge in [0.1, 0.15) is 6.61 Å². The zero-order valence-corrected chi connectivity index (χ0v) is 14.9. The van der Waals surface area contributed by atoms with Crippen LogP contribution in [0.3, 0.4) is 0 Å². The van der Waals surface area contributed by atoms with Gasteiger partial charge >= 0.3 is 6.09 Å². The zero-order valence-electron chi connectivity index (χ0n) is 14.9. The van der Waals surface area contributed by atoms with Gasteiger partial charge in [0.2, 0.25) is 0 Å². The topological polar surface area (TPSA) is 47.6 Å². The van der Waals surface area contributed by atoms with Gasteiger partial charge in [0.25, 0.3) is 0 Å². The molecular formula is C19H31NO3. The molecule has 2 rings (SSSR count). The number of rotatable bonds is 6. The van der Waals surface area contributed by atoms with Crippen molar-refractivity contribution in [2.75, 3.05) is 19.8 Å². The summed E-state index contributed by atoms with van der Waals surface area (Å²) in [6, 6.07) is 0. The predicted molar refractivity (Wildman–Crippen MR) is 92.2 cm³/mol. The van der Waals surface area contributed by atoms with Gasteiger partial charge < -0.3 is 14.8 Å². The third kappa shape index (κ3) is 3.47. The van der Waals surface area contributed by atoms with Crippen LogP contribution >= 0.6 is 0 Å². The highest BCUT2D eigenvalue weighted by Crippen LogP contribution is 2.52. The Balaban J connectivity index is 2.07. The highest BCUT2D eigenvalue weighted by atomic mass is 16.6. The van der Waals surface area contributed by atoms with Gasteiger partial charge in [-0.2, -0.15) is 0 Å². The van der Waals surface area contributed by atoms with Crippen molar-refractivity contribution in [2.24, 2.45) is 23.2 Å². The van der Waals surface area contributed by atoms with Gasteiger partial charge in [-0.25, -0.2) is 4.79 Å². The lowest BCUT2D eigenvalue weighted by Gasteiger charge is -2.54. The van der Waals surface area contributed by atoms with Crippen LogP contribution in [-0.4, -0.2) is 32.0 Å². The number of carbonyl (C=O) groups excluding carboxylic acids is 1. The molecule has 0 aromatic rings. The maximum atomic E-state index is 11.9. The number of amides is 1. The van der Waals surface area contributed by atoms with Crippen LogP contribution in [0.2, 0.25) is 0 Å². The molecule has 0 aromatic heterocycles. The number of unbranched alkanes of at least 4 members (excludes halogenated alkanes) is 1. The Morgan fingerprint density at radius 3 is 2.96 bits per heavy atom. The first-order valence-corrected chi connectivity index (χ1v) is 8.79. The summed E-state index contributed by atoms with van der Waals surface area (Å²) in [7, 11) is 0. The summed E-state index contributed by atoms with van der Waals surface area (Å²) < 4.78 is 11.6. The Hall–Kier alpha value is -1.29. The Morgan fingerprint density at radius 1 is 1.57 bits per heavy atom. The van der Waals surface area contributed by atoms with E-state index in [1.165, 1.54) is 5.57 Å². The Kier molecular flexibility index (Phi) is 5.90. The van der Waals surface area contributed by atoms with Crippen LogP contribution in [-0.2, 0) is 9.47 Å². The van der Waals surface area contributed by atoms with Crippen molar-refractivity contribution in [3.63, 3.8) is 0 Å². The molecule has 0 saturated carbocycles. The number of nitrogens with one attached hydrogen (secondary N) is 1. The van der Waals surface area contributed by atoms with E-state index in [0.717, 1.165) is 12.8 Å². The van der Waals surface area contributed by atoms with Crippen molar-refractivity contribution in [1.29, 1.82) is 0 Å². The van der Waals surface area contributed by atoms with E-state index in [9.17, 15) is 4.79 Å². The van der Waals surface area contributed by atoms with Crippen LogP contribution in [0.1, 0.15) is 40.5 Å². The van der Waals surface area contributed by atoms with Crippen molar-refractivity contribution < 1.29 is 14.3 Å². The van der Waals surface area contributed by atoms with Gasteiger partial charge in [0.15, 0.2) is 0 Å². The predicted octanol–water partition coefficient (Wildman–Crippen LogP) is 3.93. The lowest BCUT2D eigenvalue weighted by Crippen LogP contribution is -2.56. The standard InChI is InChI=1S/C19H31NO3/c1-6-8-9-20-18(21)23-12-19-11-22-16(7-2)17(15(19)5)13(3)10-14(19)4/h7,10,14-17H,2,6,8-9,11-12H2,1,3-5H3,(H,20,21)/t14-,15+,16-,17+,19+/m0/s1. The maximum Gasteiger partial charge on any atom is 0.407 e. The number of hydrogen-bond acceptors (Lipinski definition) is 3. The first-order chi connectivity index (χ1) is 11.0. The summed E-state index contributed by atoms with van der Waals surface area (Å²) in [5.41, 5.74) is 1.21. The minimum atomic E-state index is -0.319. The Morgan fingerprint density at radius 2 is 2.30 bits per heavy atom. The molecule has 4 heteroatoms. The molecule has 4 nitrogen and oxygen atoms in total. The molecule has 0 radical (unpaired) electrons. The highest BCUT2D eigenvalue weighted by molar-refractivity contribution is 5.67. The van der Waals surface area contributed by atoms with E-state index in [4.69, 9.17) is 9.47 Å². The average Bonchev–Trinajstić information content (AvgIpc) is 2.52. The molecule has 0 unspecified atom stereocenters.